The molecule has 1 rings (SSSR count). The van der Waals surface area contributed by atoms with Gasteiger partial charge in [0.1, 0.15) is 5.82 Å². The first-order chi connectivity index (χ1) is 6.79. The summed E-state index contributed by atoms with van der Waals surface area (Å²) in [6.45, 7) is 6.34. The molecule has 0 unspecified atom stereocenters. The molecule has 1 aromatic rings. The Bertz CT molecular complexity index is 234. The number of nitrogens with one attached hydrogen (secondary N) is 2. The fourth-order valence-corrected chi connectivity index (χ4v) is 1.16. The molecule has 2 N–H and O–H groups in total. The molecule has 0 aromatic carbocycles. The lowest BCUT2D eigenvalue weighted by Crippen LogP contribution is -2.25. The standard InChI is InChI=1S/C11H19N3/c1-10(2)12-8-5-9-14-11-6-3-4-7-13-11/h3-4,6-7,10,12H,5,8-9H2,1-2H3,(H,13,14). The van der Waals surface area contributed by atoms with Crippen molar-refractivity contribution >= 4 is 5.82 Å². The molecular weight excluding hydrogens is 174 g/mol. The van der Waals surface area contributed by atoms with E-state index in [9.17, 15) is 0 Å². The van der Waals surface area contributed by atoms with E-state index in [-0.39, 0.29) is 0 Å². The summed E-state index contributed by atoms with van der Waals surface area (Å²) in [6.07, 6.45) is 2.92. The second kappa shape index (κ2) is 6.38. The van der Waals surface area contributed by atoms with E-state index in [1.165, 1.54) is 0 Å². The van der Waals surface area contributed by atoms with E-state index >= 15 is 0 Å². The van der Waals surface area contributed by atoms with Gasteiger partial charge in [-0.25, -0.2) is 4.98 Å². The van der Waals surface area contributed by atoms with Crippen LogP contribution in [0.4, 0.5) is 5.82 Å². The smallest absolute Gasteiger partial charge is 0.125 e. The van der Waals surface area contributed by atoms with Crippen molar-refractivity contribution in [3.05, 3.63) is 24.4 Å². The maximum atomic E-state index is 4.18. The van der Waals surface area contributed by atoms with Crippen LogP contribution in [0.3, 0.4) is 0 Å². The second-order valence-electron chi connectivity index (χ2n) is 3.60. The summed E-state index contributed by atoms with van der Waals surface area (Å²) in [7, 11) is 0. The Morgan fingerprint density at radius 2 is 2.14 bits per heavy atom. The maximum Gasteiger partial charge on any atom is 0.125 e. The Morgan fingerprint density at radius 1 is 1.29 bits per heavy atom. The number of pyridine rings is 1. The lowest BCUT2D eigenvalue weighted by Gasteiger charge is -2.08. The molecule has 0 atom stereocenters. The Hall–Kier alpha value is -1.09. The van der Waals surface area contributed by atoms with E-state index in [4.69, 9.17) is 0 Å². The van der Waals surface area contributed by atoms with Gasteiger partial charge in [-0.05, 0) is 25.1 Å². The first kappa shape index (κ1) is 11.0. The topological polar surface area (TPSA) is 37.0 Å². The minimum atomic E-state index is 0.574. The van der Waals surface area contributed by atoms with Crippen molar-refractivity contribution in [2.24, 2.45) is 0 Å². The van der Waals surface area contributed by atoms with Gasteiger partial charge in [-0.2, -0.15) is 0 Å². The molecule has 1 heterocycles. The molecule has 0 radical (unpaired) electrons. The Morgan fingerprint density at radius 3 is 2.79 bits per heavy atom. The van der Waals surface area contributed by atoms with Crippen LogP contribution in [-0.2, 0) is 0 Å². The van der Waals surface area contributed by atoms with Crippen LogP contribution in [0.1, 0.15) is 20.3 Å². The highest BCUT2D eigenvalue weighted by molar-refractivity contribution is 5.32. The highest BCUT2D eigenvalue weighted by atomic mass is 15.0. The van der Waals surface area contributed by atoms with Crippen LogP contribution in [0.2, 0.25) is 0 Å². The van der Waals surface area contributed by atoms with Crippen molar-refractivity contribution < 1.29 is 0 Å². The van der Waals surface area contributed by atoms with E-state index in [0.717, 1.165) is 25.3 Å². The van der Waals surface area contributed by atoms with Gasteiger partial charge in [0.05, 0.1) is 0 Å². The molecule has 0 aliphatic rings. The summed E-state index contributed by atoms with van der Waals surface area (Å²) in [6, 6.07) is 6.47. The Labute approximate surface area is 85.9 Å². The summed E-state index contributed by atoms with van der Waals surface area (Å²) in [4.78, 5) is 4.18. The van der Waals surface area contributed by atoms with E-state index in [2.05, 4.69) is 29.5 Å². The van der Waals surface area contributed by atoms with Gasteiger partial charge in [0.25, 0.3) is 0 Å². The number of anilines is 1. The second-order valence-corrected chi connectivity index (χ2v) is 3.60. The zero-order chi connectivity index (χ0) is 10.2. The first-order valence-electron chi connectivity index (χ1n) is 5.17. The van der Waals surface area contributed by atoms with Crippen LogP contribution in [0.5, 0.6) is 0 Å². The maximum absolute atomic E-state index is 4.18. The van der Waals surface area contributed by atoms with Crippen LogP contribution in [0.25, 0.3) is 0 Å². The average molecular weight is 193 g/mol. The first-order valence-corrected chi connectivity index (χ1v) is 5.17. The molecule has 14 heavy (non-hydrogen) atoms. The van der Waals surface area contributed by atoms with Gasteiger partial charge >= 0.3 is 0 Å². The van der Waals surface area contributed by atoms with E-state index < -0.39 is 0 Å². The Kier molecular flexibility index (Phi) is 5.00. The molecule has 0 bridgehead atoms. The van der Waals surface area contributed by atoms with Crippen LogP contribution >= 0.6 is 0 Å². The summed E-state index contributed by atoms with van der Waals surface area (Å²) in [5.41, 5.74) is 0. The summed E-state index contributed by atoms with van der Waals surface area (Å²) in [5, 5.41) is 6.64. The van der Waals surface area contributed by atoms with Gasteiger partial charge in [0.2, 0.25) is 0 Å². The van der Waals surface area contributed by atoms with Crippen LogP contribution in [0, 0.1) is 0 Å². The summed E-state index contributed by atoms with van der Waals surface area (Å²) < 4.78 is 0. The molecule has 0 saturated carbocycles. The highest BCUT2D eigenvalue weighted by Crippen LogP contribution is 1.98. The van der Waals surface area contributed by atoms with Crippen molar-refractivity contribution in [2.45, 2.75) is 26.3 Å². The largest absolute Gasteiger partial charge is 0.370 e. The minimum Gasteiger partial charge on any atom is -0.370 e. The molecule has 3 heteroatoms. The van der Waals surface area contributed by atoms with Gasteiger partial charge < -0.3 is 10.6 Å². The van der Waals surface area contributed by atoms with E-state index in [1.54, 1.807) is 6.20 Å². The predicted molar refractivity (Wildman–Crippen MR) is 60.5 cm³/mol. The predicted octanol–water partition coefficient (Wildman–Crippen LogP) is 1.88. The number of rotatable bonds is 6. The van der Waals surface area contributed by atoms with Gasteiger partial charge in [0, 0.05) is 18.8 Å². The van der Waals surface area contributed by atoms with Crippen molar-refractivity contribution in [1.82, 2.24) is 10.3 Å². The molecule has 0 fully saturated rings. The SMILES string of the molecule is CC(C)NCCCNc1ccccn1. The number of aromatic nitrogens is 1. The van der Waals surface area contributed by atoms with Crippen molar-refractivity contribution in [1.29, 1.82) is 0 Å². The van der Waals surface area contributed by atoms with Gasteiger partial charge in [-0.1, -0.05) is 19.9 Å². The van der Waals surface area contributed by atoms with Crippen LogP contribution < -0.4 is 10.6 Å². The van der Waals surface area contributed by atoms with Crippen LogP contribution in [-0.4, -0.2) is 24.1 Å². The zero-order valence-electron chi connectivity index (χ0n) is 8.96. The van der Waals surface area contributed by atoms with Crippen LogP contribution in [0.15, 0.2) is 24.4 Å². The summed E-state index contributed by atoms with van der Waals surface area (Å²) in [5.74, 6) is 0.956. The third-order valence-electron chi connectivity index (χ3n) is 1.88. The average Bonchev–Trinajstić information content (AvgIpc) is 2.18. The third-order valence-corrected chi connectivity index (χ3v) is 1.88. The van der Waals surface area contributed by atoms with Crippen molar-refractivity contribution in [3.63, 3.8) is 0 Å². The number of hydrogen-bond acceptors (Lipinski definition) is 3. The molecule has 3 nitrogen and oxygen atoms in total. The number of nitrogens with zero attached hydrogens (tertiary/aromatic N) is 1. The Balaban J connectivity index is 2.05. The lowest BCUT2D eigenvalue weighted by atomic mass is 10.3. The van der Waals surface area contributed by atoms with Gasteiger partial charge in [0.15, 0.2) is 0 Å². The fraction of sp³-hybridized carbons (Fsp3) is 0.545. The van der Waals surface area contributed by atoms with Gasteiger partial charge in [-0.3, -0.25) is 0 Å². The molecular formula is C11H19N3. The molecule has 0 aliphatic heterocycles. The fourth-order valence-electron chi connectivity index (χ4n) is 1.16. The number of hydrogen-bond donors (Lipinski definition) is 2. The minimum absolute atomic E-state index is 0.574. The van der Waals surface area contributed by atoms with E-state index in [0.29, 0.717) is 6.04 Å². The quantitative estimate of drug-likeness (QED) is 0.677. The molecule has 0 saturated heterocycles. The van der Waals surface area contributed by atoms with Crippen molar-refractivity contribution in [2.75, 3.05) is 18.4 Å². The molecule has 0 aliphatic carbocycles. The normalized spacial score (nSPS) is 10.5. The lowest BCUT2D eigenvalue weighted by molar-refractivity contribution is 0.578. The molecule has 78 valence electrons. The zero-order valence-corrected chi connectivity index (χ0v) is 8.96. The molecule has 0 amide bonds. The van der Waals surface area contributed by atoms with Gasteiger partial charge in [-0.15, -0.1) is 0 Å². The van der Waals surface area contributed by atoms with Crippen molar-refractivity contribution in [3.8, 4) is 0 Å². The molecule has 0 spiro atoms. The highest BCUT2D eigenvalue weighted by Gasteiger charge is 1.92. The van der Waals surface area contributed by atoms with E-state index in [1.807, 2.05) is 18.2 Å². The monoisotopic (exact) mass is 193 g/mol. The summed E-state index contributed by atoms with van der Waals surface area (Å²) >= 11 is 0. The molecule has 1 aromatic heterocycles. The third kappa shape index (κ3) is 4.82.